The minimum atomic E-state index is -3.88. The number of fused-ring (bicyclic) bond motifs is 1. The molecular weight excluding hydrogens is 284 g/mol. The third-order valence-corrected chi connectivity index (χ3v) is 4.48. The molecule has 1 heterocycles. The van der Waals surface area contributed by atoms with Crippen LogP contribution in [-0.2, 0) is 16.4 Å². The first kappa shape index (κ1) is 14.4. The largest absolute Gasteiger partial charge is 0.497 e. The zero-order valence-electron chi connectivity index (χ0n) is 11.2. The molecule has 0 bridgehead atoms. The number of methoxy groups -OCH3 is 1. The monoisotopic (exact) mass is 300 g/mol. The smallest absolute Gasteiger partial charge is 0.328 e. The molecule has 7 nitrogen and oxygen atoms in total. The van der Waals surface area contributed by atoms with Gasteiger partial charge in [0, 0.05) is 19.5 Å². The maximum Gasteiger partial charge on any atom is 0.328 e. The van der Waals surface area contributed by atoms with Gasteiger partial charge >= 0.3 is 6.03 Å². The number of ether oxygens (including phenoxy) is 2. The number of hydrogen-bond acceptors (Lipinski definition) is 5. The Morgan fingerprint density at radius 1 is 1.45 bits per heavy atom. The molecule has 1 aromatic carbocycles. The van der Waals surface area contributed by atoms with Crippen molar-refractivity contribution in [3.05, 3.63) is 23.8 Å². The summed E-state index contributed by atoms with van der Waals surface area (Å²) in [7, 11) is -1.02. The third kappa shape index (κ3) is 2.96. The molecule has 0 saturated heterocycles. The molecule has 1 aromatic rings. The number of sulfonamides is 1. The molecule has 0 spiro atoms. The van der Waals surface area contributed by atoms with Crippen molar-refractivity contribution in [2.45, 2.75) is 18.3 Å². The minimum absolute atomic E-state index is 0.283. The molecule has 0 saturated carbocycles. The van der Waals surface area contributed by atoms with Gasteiger partial charge in [0.05, 0.1) is 7.11 Å². The number of nitrogens with one attached hydrogen (secondary N) is 2. The zero-order valence-corrected chi connectivity index (χ0v) is 12.0. The van der Waals surface area contributed by atoms with E-state index in [1.54, 1.807) is 12.1 Å². The summed E-state index contributed by atoms with van der Waals surface area (Å²) in [5.41, 5.74) is -0.184. The summed E-state index contributed by atoms with van der Waals surface area (Å²) in [6.07, 6.45) is 0.838. The van der Waals surface area contributed by atoms with Crippen LogP contribution in [0, 0.1) is 0 Å². The van der Waals surface area contributed by atoms with E-state index in [2.05, 4.69) is 5.32 Å². The second-order valence-electron chi connectivity index (χ2n) is 4.29. The molecule has 110 valence electrons. The summed E-state index contributed by atoms with van der Waals surface area (Å²) < 4.78 is 36.4. The minimum Gasteiger partial charge on any atom is -0.497 e. The van der Waals surface area contributed by atoms with Crippen LogP contribution in [0.3, 0.4) is 0 Å². The zero-order chi connectivity index (χ0) is 14.8. The number of carbonyl (C=O) groups excluding carboxylic acids is 1. The van der Waals surface area contributed by atoms with Gasteiger partial charge in [-0.25, -0.2) is 17.9 Å². The molecule has 1 aliphatic heterocycles. The van der Waals surface area contributed by atoms with Gasteiger partial charge in [-0.1, -0.05) is 6.07 Å². The van der Waals surface area contributed by atoms with Crippen LogP contribution in [-0.4, -0.2) is 34.0 Å². The Labute approximate surface area is 117 Å². The Bertz CT molecular complexity index is 614. The van der Waals surface area contributed by atoms with E-state index in [9.17, 15) is 13.2 Å². The van der Waals surface area contributed by atoms with Crippen molar-refractivity contribution in [2.24, 2.45) is 0 Å². The van der Waals surface area contributed by atoms with Gasteiger partial charge in [-0.2, -0.15) is 0 Å². The van der Waals surface area contributed by atoms with Gasteiger partial charge < -0.3 is 14.8 Å². The van der Waals surface area contributed by atoms with E-state index in [0.29, 0.717) is 17.9 Å². The summed E-state index contributed by atoms with van der Waals surface area (Å²) in [5, 5.41) is 2.19. The molecule has 8 heteroatoms. The summed E-state index contributed by atoms with van der Waals surface area (Å²) in [4.78, 5) is 11.1. The number of aryl methyl sites for hydroxylation is 1. The Kier molecular flexibility index (Phi) is 4.03. The molecule has 0 fully saturated rings. The first-order valence-corrected chi connectivity index (χ1v) is 7.58. The molecule has 1 atom stereocenters. The number of benzene rings is 1. The molecular formula is C12H16N2O5S. The first-order valence-electron chi connectivity index (χ1n) is 6.03. The maximum atomic E-state index is 12.0. The van der Waals surface area contributed by atoms with Gasteiger partial charge in [0.1, 0.15) is 11.5 Å². The van der Waals surface area contributed by atoms with E-state index in [1.807, 2.05) is 10.8 Å². The maximum absolute atomic E-state index is 12.0. The third-order valence-electron chi connectivity index (χ3n) is 2.99. The van der Waals surface area contributed by atoms with Crippen molar-refractivity contribution in [2.75, 3.05) is 14.2 Å². The quantitative estimate of drug-likeness (QED) is 0.853. The number of hydrogen-bond donors (Lipinski definition) is 2. The molecule has 1 aliphatic rings. The highest BCUT2D eigenvalue weighted by Gasteiger charge is 2.32. The Morgan fingerprint density at radius 2 is 2.20 bits per heavy atom. The van der Waals surface area contributed by atoms with Crippen molar-refractivity contribution in [1.29, 1.82) is 0 Å². The first-order chi connectivity index (χ1) is 9.46. The van der Waals surface area contributed by atoms with Crippen LogP contribution in [0.25, 0.3) is 0 Å². The number of amides is 2. The lowest BCUT2D eigenvalue weighted by molar-refractivity contribution is 0.234. The Morgan fingerprint density at radius 3 is 2.85 bits per heavy atom. The second kappa shape index (κ2) is 5.58. The van der Waals surface area contributed by atoms with E-state index >= 15 is 0 Å². The SMILES string of the molecule is CNC(=O)NS(=O)(=O)C1CCc2ccc(OC)cc2O1. The van der Waals surface area contributed by atoms with Crippen LogP contribution >= 0.6 is 0 Å². The van der Waals surface area contributed by atoms with Gasteiger partial charge in [-0.3, -0.25) is 0 Å². The van der Waals surface area contributed by atoms with E-state index in [4.69, 9.17) is 9.47 Å². The van der Waals surface area contributed by atoms with Crippen LogP contribution in [0.4, 0.5) is 4.79 Å². The van der Waals surface area contributed by atoms with Crippen molar-refractivity contribution in [3.63, 3.8) is 0 Å². The second-order valence-corrected chi connectivity index (χ2v) is 6.11. The van der Waals surface area contributed by atoms with Crippen LogP contribution < -0.4 is 19.5 Å². The van der Waals surface area contributed by atoms with Crippen LogP contribution in [0.5, 0.6) is 11.5 Å². The van der Waals surface area contributed by atoms with E-state index in [-0.39, 0.29) is 6.42 Å². The van der Waals surface area contributed by atoms with Crippen molar-refractivity contribution >= 4 is 16.1 Å². The molecule has 1 unspecified atom stereocenters. The Hall–Kier alpha value is -1.96. The highest BCUT2D eigenvalue weighted by atomic mass is 32.2. The lowest BCUT2D eigenvalue weighted by Gasteiger charge is -2.26. The average Bonchev–Trinajstić information content (AvgIpc) is 2.45. The summed E-state index contributed by atoms with van der Waals surface area (Å²) in [6, 6.07) is 4.48. The predicted octanol–water partition coefficient (Wildman–Crippen LogP) is 0.605. The molecule has 2 N–H and O–H groups in total. The molecule has 2 rings (SSSR count). The molecule has 0 radical (unpaired) electrons. The van der Waals surface area contributed by atoms with E-state index in [1.165, 1.54) is 14.2 Å². The highest BCUT2D eigenvalue weighted by molar-refractivity contribution is 7.90. The van der Waals surface area contributed by atoms with Gasteiger partial charge in [-0.05, 0) is 18.1 Å². The topological polar surface area (TPSA) is 93.7 Å². The van der Waals surface area contributed by atoms with Crippen LogP contribution in [0.1, 0.15) is 12.0 Å². The average molecular weight is 300 g/mol. The predicted molar refractivity (Wildman–Crippen MR) is 72.2 cm³/mol. The summed E-state index contributed by atoms with van der Waals surface area (Å²) in [6.45, 7) is 0. The van der Waals surface area contributed by atoms with E-state index in [0.717, 1.165) is 5.56 Å². The van der Waals surface area contributed by atoms with Crippen LogP contribution in [0.15, 0.2) is 18.2 Å². The number of urea groups is 1. The summed E-state index contributed by atoms with van der Waals surface area (Å²) in [5.74, 6) is 1.05. The molecule has 20 heavy (non-hydrogen) atoms. The van der Waals surface area contributed by atoms with Gasteiger partial charge in [0.15, 0.2) is 0 Å². The lowest BCUT2D eigenvalue weighted by atomic mass is 10.1. The van der Waals surface area contributed by atoms with Crippen molar-refractivity contribution in [3.8, 4) is 11.5 Å². The van der Waals surface area contributed by atoms with Crippen molar-refractivity contribution < 1.29 is 22.7 Å². The molecule has 0 aliphatic carbocycles. The fraction of sp³-hybridized carbons (Fsp3) is 0.417. The van der Waals surface area contributed by atoms with Crippen molar-refractivity contribution in [1.82, 2.24) is 10.0 Å². The normalized spacial score (nSPS) is 17.6. The van der Waals surface area contributed by atoms with Gasteiger partial charge in [0.25, 0.3) is 10.0 Å². The number of rotatable bonds is 3. The standard InChI is InChI=1S/C12H16N2O5S/c1-13-12(15)14-20(16,17)11-6-4-8-3-5-9(18-2)7-10(8)19-11/h3,5,7,11H,4,6H2,1-2H3,(H2,13,14,15). The van der Waals surface area contributed by atoms with Gasteiger partial charge in [-0.15, -0.1) is 0 Å². The van der Waals surface area contributed by atoms with Crippen LogP contribution in [0.2, 0.25) is 0 Å². The lowest BCUT2D eigenvalue weighted by Crippen LogP contribution is -2.45. The highest BCUT2D eigenvalue weighted by Crippen LogP contribution is 2.32. The number of carbonyl (C=O) groups is 1. The fourth-order valence-electron chi connectivity index (χ4n) is 1.92. The van der Waals surface area contributed by atoms with Gasteiger partial charge in [0.2, 0.25) is 5.44 Å². The molecule has 2 amide bonds. The molecule has 0 aromatic heterocycles. The van der Waals surface area contributed by atoms with E-state index < -0.39 is 21.5 Å². The summed E-state index contributed by atoms with van der Waals surface area (Å²) >= 11 is 0. The Balaban J connectivity index is 2.19. The fourth-order valence-corrected chi connectivity index (χ4v) is 3.07.